The van der Waals surface area contributed by atoms with Gasteiger partial charge in [-0.25, -0.2) is 0 Å². The summed E-state index contributed by atoms with van der Waals surface area (Å²) in [5.74, 6) is 0. The van der Waals surface area contributed by atoms with Crippen molar-refractivity contribution in [3.8, 4) is 0 Å². The van der Waals surface area contributed by atoms with Gasteiger partial charge in [0.2, 0.25) is 0 Å². The summed E-state index contributed by atoms with van der Waals surface area (Å²) in [7, 11) is 0. The second-order valence-corrected chi connectivity index (χ2v) is 3.26. The van der Waals surface area contributed by atoms with Crippen molar-refractivity contribution in [2.24, 2.45) is 0 Å². The lowest BCUT2D eigenvalue weighted by atomic mass is 10.0. The molecule has 0 aromatic carbocycles. The third kappa shape index (κ3) is 4.12. The van der Waals surface area contributed by atoms with Gasteiger partial charge in [-0.05, 0) is 39.2 Å². The first-order valence-corrected chi connectivity index (χ1v) is 4.39. The molecule has 0 saturated heterocycles. The maximum atomic E-state index is 10.6. The zero-order chi connectivity index (χ0) is 9.56. The third-order valence-electron chi connectivity index (χ3n) is 1.95. The fourth-order valence-corrected chi connectivity index (χ4v) is 0.864. The number of aldehydes is 1. The molecule has 12 heavy (non-hydrogen) atoms. The Hall–Kier alpha value is -0.850. The molecule has 0 radical (unpaired) electrons. The average Bonchev–Trinajstić information content (AvgIpc) is 2.04. The molecule has 0 amide bonds. The van der Waals surface area contributed by atoms with E-state index in [-0.39, 0.29) is 0 Å². The van der Waals surface area contributed by atoms with Crippen LogP contribution < -0.4 is 0 Å². The van der Waals surface area contributed by atoms with E-state index in [2.05, 4.69) is 13.0 Å². The van der Waals surface area contributed by atoms with Crippen molar-refractivity contribution in [3.63, 3.8) is 0 Å². The molecule has 0 aliphatic carbocycles. The molecule has 1 heteroatoms. The quantitative estimate of drug-likeness (QED) is 0.356. The lowest BCUT2D eigenvalue weighted by Gasteiger charge is -2.00. The number of carbonyl (C=O) groups is 1. The van der Waals surface area contributed by atoms with Gasteiger partial charge in [-0.3, -0.25) is 4.79 Å². The van der Waals surface area contributed by atoms with Crippen LogP contribution in [0, 0.1) is 0 Å². The van der Waals surface area contributed by atoms with E-state index in [1.165, 1.54) is 11.1 Å². The van der Waals surface area contributed by atoms with Gasteiger partial charge in [-0.15, -0.1) is 0 Å². The molecule has 0 aromatic rings. The van der Waals surface area contributed by atoms with Crippen molar-refractivity contribution in [1.82, 2.24) is 0 Å². The molecule has 0 aromatic heterocycles. The Morgan fingerprint density at radius 3 is 2.17 bits per heavy atom. The van der Waals surface area contributed by atoms with Gasteiger partial charge in [0.05, 0.1) is 0 Å². The van der Waals surface area contributed by atoms with Crippen LogP contribution >= 0.6 is 0 Å². The minimum absolute atomic E-state index is 0.783. The number of carbonyl (C=O) groups excluding carboxylic acids is 1. The molecule has 1 nitrogen and oxygen atoms in total. The summed E-state index contributed by atoms with van der Waals surface area (Å²) < 4.78 is 0. The number of rotatable bonds is 4. The van der Waals surface area contributed by atoms with Gasteiger partial charge in [0.25, 0.3) is 0 Å². The maximum absolute atomic E-state index is 10.6. The Kier molecular flexibility index (Phi) is 5.35. The van der Waals surface area contributed by atoms with Crippen LogP contribution in [-0.2, 0) is 4.79 Å². The van der Waals surface area contributed by atoms with E-state index in [0.717, 1.165) is 24.7 Å². The van der Waals surface area contributed by atoms with E-state index < -0.39 is 0 Å². The van der Waals surface area contributed by atoms with E-state index >= 15 is 0 Å². The Morgan fingerprint density at radius 2 is 1.83 bits per heavy atom. The van der Waals surface area contributed by atoms with Crippen LogP contribution in [0.5, 0.6) is 0 Å². The predicted octanol–water partition coefficient (Wildman–Crippen LogP) is 3.27. The van der Waals surface area contributed by atoms with Crippen molar-refractivity contribution in [1.29, 1.82) is 0 Å². The molecule has 0 spiro atoms. The molecule has 0 N–H and O–H groups in total. The van der Waals surface area contributed by atoms with Crippen molar-refractivity contribution < 1.29 is 4.79 Å². The van der Waals surface area contributed by atoms with Crippen LogP contribution in [-0.4, -0.2) is 6.29 Å². The van der Waals surface area contributed by atoms with Gasteiger partial charge >= 0.3 is 0 Å². The molecule has 0 bridgehead atoms. The monoisotopic (exact) mass is 166 g/mol. The molecule has 0 fully saturated rings. The topological polar surface area (TPSA) is 17.1 Å². The highest BCUT2D eigenvalue weighted by Gasteiger charge is 1.97. The van der Waals surface area contributed by atoms with Crippen molar-refractivity contribution in [2.75, 3.05) is 0 Å². The second kappa shape index (κ2) is 5.76. The van der Waals surface area contributed by atoms with Gasteiger partial charge in [0.1, 0.15) is 6.29 Å². The van der Waals surface area contributed by atoms with Crippen LogP contribution in [0.3, 0.4) is 0 Å². The van der Waals surface area contributed by atoms with Gasteiger partial charge in [0.15, 0.2) is 0 Å². The molecule has 0 saturated carbocycles. The first-order valence-electron chi connectivity index (χ1n) is 4.39. The summed E-state index contributed by atoms with van der Waals surface area (Å²) in [6.45, 7) is 8.18. The molecule has 0 heterocycles. The standard InChI is InChI=1S/C11H18O/c1-5-10(4)11(8-12)7-6-9(2)3/h6,8H,5,7H2,1-4H3. The van der Waals surface area contributed by atoms with Crippen molar-refractivity contribution in [3.05, 3.63) is 22.8 Å². The Labute approximate surface area is 75.2 Å². The number of hydrogen-bond donors (Lipinski definition) is 0. The van der Waals surface area contributed by atoms with Crippen LogP contribution in [0.2, 0.25) is 0 Å². The molecule has 0 aliphatic rings. The predicted molar refractivity (Wildman–Crippen MR) is 53.1 cm³/mol. The molecule has 0 unspecified atom stereocenters. The highest BCUT2D eigenvalue weighted by Crippen LogP contribution is 2.11. The Bertz CT molecular complexity index is 205. The fraction of sp³-hybridized carbons (Fsp3) is 0.545. The molecule has 68 valence electrons. The van der Waals surface area contributed by atoms with Crippen LogP contribution in [0.1, 0.15) is 40.5 Å². The number of allylic oxidation sites excluding steroid dienone is 4. The summed E-state index contributed by atoms with van der Waals surface area (Å²) in [4.78, 5) is 10.6. The summed E-state index contributed by atoms with van der Waals surface area (Å²) in [6.07, 6.45) is 4.80. The first-order chi connectivity index (χ1) is 5.61. The van der Waals surface area contributed by atoms with Gasteiger partial charge in [-0.1, -0.05) is 24.1 Å². The Morgan fingerprint density at radius 1 is 1.25 bits per heavy atom. The summed E-state index contributed by atoms with van der Waals surface area (Å²) in [5.41, 5.74) is 3.39. The van der Waals surface area contributed by atoms with Crippen LogP contribution in [0.15, 0.2) is 22.8 Å². The summed E-state index contributed by atoms with van der Waals surface area (Å²) in [5, 5.41) is 0. The average molecular weight is 166 g/mol. The minimum Gasteiger partial charge on any atom is -0.298 e. The SMILES string of the molecule is CCC(C)=C(C=O)CC=C(C)C. The van der Waals surface area contributed by atoms with Crippen molar-refractivity contribution >= 4 is 6.29 Å². The molecule has 0 atom stereocenters. The molecular weight excluding hydrogens is 148 g/mol. The van der Waals surface area contributed by atoms with E-state index in [1.807, 2.05) is 20.8 Å². The highest BCUT2D eigenvalue weighted by atomic mass is 16.1. The fourth-order valence-electron chi connectivity index (χ4n) is 0.864. The van der Waals surface area contributed by atoms with Crippen LogP contribution in [0.4, 0.5) is 0 Å². The van der Waals surface area contributed by atoms with Gasteiger partial charge < -0.3 is 0 Å². The number of hydrogen-bond acceptors (Lipinski definition) is 1. The van der Waals surface area contributed by atoms with Gasteiger partial charge in [-0.2, -0.15) is 0 Å². The summed E-state index contributed by atoms with van der Waals surface area (Å²) >= 11 is 0. The Balaban J connectivity index is 4.38. The third-order valence-corrected chi connectivity index (χ3v) is 1.95. The van der Waals surface area contributed by atoms with E-state index in [4.69, 9.17) is 0 Å². The van der Waals surface area contributed by atoms with Crippen molar-refractivity contribution in [2.45, 2.75) is 40.5 Å². The highest BCUT2D eigenvalue weighted by molar-refractivity contribution is 5.74. The summed E-state index contributed by atoms with van der Waals surface area (Å²) in [6, 6.07) is 0. The zero-order valence-corrected chi connectivity index (χ0v) is 8.48. The van der Waals surface area contributed by atoms with E-state index in [1.54, 1.807) is 0 Å². The molecule has 0 aliphatic heterocycles. The van der Waals surface area contributed by atoms with E-state index in [0.29, 0.717) is 0 Å². The van der Waals surface area contributed by atoms with Crippen LogP contribution in [0.25, 0.3) is 0 Å². The molecule has 0 rings (SSSR count). The largest absolute Gasteiger partial charge is 0.298 e. The first kappa shape index (κ1) is 11.2. The smallest absolute Gasteiger partial charge is 0.146 e. The normalized spacial score (nSPS) is 12.0. The second-order valence-electron chi connectivity index (χ2n) is 3.26. The lowest BCUT2D eigenvalue weighted by molar-refractivity contribution is -0.105. The lowest BCUT2D eigenvalue weighted by Crippen LogP contribution is -1.88. The maximum Gasteiger partial charge on any atom is 0.146 e. The van der Waals surface area contributed by atoms with E-state index in [9.17, 15) is 4.79 Å². The minimum atomic E-state index is 0.783. The molecular formula is C11H18O. The zero-order valence-electron chi connectivity index (χ0n) is 8.48. The van der Waals surface area contributed by atoms with Gasteiger partial charge in [0, 0.05) is 0 Å².